The summed E-state index contributed by atoms with van der Waals surface area (Å²) in [4.78, 5) is 14.4. The molecule has 0 saturated carbocycles. The van der Waals surface area contributed by atoms with Crippen LogP contribution in [0.2, 0.25) is 0 Å². The second kappa shape index (κ2) is 6.39. The molecule has 2 saturated heterocycles. The van der Waals surface area contributed by atoms with Crippen LogP contribution in [0.3, 0.4) is 0 Å². The fourth-order valence-corrected chi connectivity index (χ4v) is 3.13. The van der Waals surface area contributed by atoms with Crippen molar-refractivity contribution >= 4 is 5.91 Å². The normalized spacial score (nSPS) is 27.1. The van der Waals surface area contributed by atoms with E-state index < -0.39 is 0 Å². The Kier molecular flexibility index (Phi) is 4.84. The van der Waals surface area contributed by atoms with Crippen molar-refractivity contribution in [3.05, 3.63) is 0 Å². The summed E-state index contributed by atoms with van der Waals surface area (Å²) in [6.07, 6.45) is 8.51. The lowest BCUT2D eigenvalue weighted by Crippen LogP contribution is -2.50. The van der Waals surface area contributed by atoms with Crippen LogP contribution in [0.5, 0.6) is 0 Å². The first-order chi connectivity index (χ1) is 8.31. The van der Waals surface area contributed by atoms with Gasteiger partial charge in [-0.15, -0.1) is 0 Å². The van der Waals surface area contributed by atoms with Crippen LogP contribution in [0.4, 0.5) is 0 Å². The van der Waals surface area contributed by atoms with E-state index in [-0.39, 0.29) is 6.04 Å². The van der Waals surface area contributed by atoms with Gasteiger partial charge in [-0.1, -0.05) is 26.2 Å². The van der Waals surface area contributed by atoms with Gasteiger partial charge in [-0.25, -0.2) is 0 Å². The Morgan fingerprint density at radius 1 is 1.24 bits per heavy atom. The van der Waals surface area contributed by atoms with Gasteiger partial charge < -0.3 is 10.2 Å². The van der Waals surface area contributed by atoms with E-state index in [0.717, 1.165) is 32.0 Å². The maximum absolute atomic E-state index is 12.3. The molecule has 2 aliphatic heterocycles. The highest BCUT2D eigenvalue weighted by Gasteiger charge is 2.28. The van der Waals surface area contributed by atoms with Crippen LogP contribution < -0.4 is 5.32 Å². The zero-order chi connectivity index (χ0) is 12.1. The molecular weight excluding hydrogens is 212 g/mol. The first kappa shape index (κ1) is 12.9. The molecule has 17 heavy (non-hydrogen) atoms. The Bertz CT molecular complexity index is 241. The van der Waals surface area contributed by atoms with Crippen LogP contribution in [0.15, 0.2) is 0 Å². The van der Waals surface area contributed by atoms with Crippen molar-refractivity contribution in [2.75, 3.05) is 19.6 Å². The van der Waals surface area contributed by atoms with E-state index >= 15 is 0 Å². The number of rotatable bonds is 3. The quantitative estimate of drug-likeness (QED) is 0.817. The summed E-state index contributed by atoms with van der Waals surface area (Å²) in [6.45, 7) is 5.25. The van der Waals surface area contributed by atoms with Crippen molar-refractivity contribution in [3.8, 4) is 0 Å². The number of hydrogen-bond acceptors (Lipinski definition) is 2. The first-order valence-electron chi connectivity index (χ1n) is 7.33. The van der Waals surface area contributed by atoms with Crippen molar-refractivity contribution in [1.29, 1.82) is 0 Å². The summed E-state index contributed by atoms with van der Waals surface area (Å²) in [5.41, 5.74) is 0. The van der Waals surface area contributed by atoms with Gasteiger partial charge in [-0.05, 0) is 38.1 Å². The second-order valence-corrected chi connectivity index (χ2v) is 5.56. The van der Waals surface area contributed by atoms with E-state index in [0.29, 0.717) is 5.91 Å². The van der Waals surface area contributed by atoms with Gasteiger partial charge in [0.1, 0.15) is 0 Å². The number of likely N-dealkylation sites (tertiary alicyclic amines) is 1. The highest BCUT2D eigenvalue weighted by molar-refractivity contribution is 5.82. The molecule has 2 aliphatic rings. The van der Waals surface area contributed by atoms with Gasteiger partial charge in [-0.2, -0.15) is 0 Å². The van der Waals surface area contributed by atoms with Gasteiger partial charge in [0.2, 0.25) is 5.91 Å². The fraction of sp³-hybridized carbons (Fsp3) is 0.929. The van der Waals surface area contributed by atoms with Crippen LogP contribution in [-0.2, 0) is 4.79 Å². The van der Waals surface area contributed by atoms with E-state index in [1.54, 1.807) is 0 Å². The van der Waals surface area contributed by atoms with Crippen molar-refractivity contribution in [2.45, 2.75) is 57.9 Å². The molecule has 2 rings (SSSR count). The van der Waals surface area contributed by atoms with Crippen LogP contribution in [0.25, 0.3) is 0 Å². The minimum Gasteiger partial charge on any atom is -0.341 e. The van der Waals surface area contributed by atoms with Crippen molar-refractivity contribution in [3.63, 3.8) is 0 Å². The van der Waals surface area contributed by atoms with E-state index in [1.807, 2.05) is 0 Å². The van der Waals surface area contributed by atoms with Gasteiger partial charge in [-0.3, -0.25) is 4.79 Å². The summed E-state index contributed by atoms with van der Waals surface area (Å²) in [5, 5.41) is 3.36. The standard InChI is InChI=1S/C14H26N2O/c1-2-5-12-7-10-16(11-8-12)14(17)13-6-3-4-9-15-13/h12-13,15H,2-11H2,1H3/t13-/m1/s1. The summed E-state index contributed by atoms with van der Waals surface area (Å²) in [6, 6.07) is 0.117. The smallest absolute Gasteiger partial charge is 0.239 e. The molecule has 0 aliphatic carbocycles. The average molecular weight is 238 g/mol. The minimum atomic E-state index is 0.117. The Labute approximate surface area is 105 Å². The zero-order valence-electron chi connectivity index (χ0n) is 11.1. The number of piperidine rings is 2. The molecule has 1 amide bonds. The summed E-state index contributed by atoms with van der Waals surface area (Å²) in [5.74, 6) is 1.23. The molecule has 2 fully saturated rings. The monoisotopic (exact) mass is 238 g/mol. The molecule has 0 spiro atoms. The topological polar surface area (TPSA) is 32.3 Å². The maximum Gasteiger partial charge on any atom is 0.239 e. The molecule has 0 bridgehead atoms. The van der Waals surface area contributed by atoms with Gasteiger partial charge in [0.25, 0.3) is 0 Å². The lowest BCUT2D eigenvalue weighted by Gasteiger charge is -2.35. The lowest BCUT2D eigenvalue weighted by atomic mass is 9.92. The third-order valence-electron chi connectivity index (χ3n) is 4.23. The van der Waals surface area contributed by atoms with E-state index in [4.69, 9.17) is 0 Å². The predicted octanol–water partition coefficient (Wildman–Crippen LogP) is 2.17. The van der Waals surface area contributed by atoms with Gasteiger partial charge >= 0.3 is 0 Å². The third-order valence-corrected chi connectivity index (χ3v) is 4.23. The average Bonchev–Trinajstić information content (AvgIpc) is 2.40. The third kappa shape index (κ3) is 3.44. The molecule has 0 radical (unpaired) electrons. The molecule has 0 unspecified atom stereocenters. The van der Waals surface area contributed by atoms with Gasteiger partial charge in [0.15, 0.2) is 0 Å². The molecule has 0 aromatic carbocycles. The van der Waals surface area contributed by atoms with Gasteiger partial charge in [0.05, 0.1) is 6.04 Å². The Balaban J connectivity index is 1.77. The number of nitrogens with zero attached hydrogens (tertiary/aromatic N) is 1. The van der Waals surface area contributed by atoms with E-state index in [2.05, 4.69) is 17.1 Å². The largest absolute Gasteiger partial charge is 0.341 e. The van der Waals surface area contributed by atoms with E-state index in [1.165, 1.54) is 38.5 Å². The number of carbonyl (C=O) groups excluding carboxylic acids is 1. The summed E-state index contributed by atoms with van der Waals surface area (Å²) in [7, 11) is 0. The molecule has 98 valence electrons. The van der Waals surface area contributed by atoms with Crippen LogP contribution in [0.1, 0.15) is 51.9 Å². The Morgan fingerprint density at radius 2 is 2.00 bits per heavy atom. The Hall–Kier alpha value is -0.570. The molecule has 1 atom stereocenters. The lowest BCUT2D eigenvalue weighted by molar-refractivity contribution is -0.135. The molecule has 3 nitrogen and oxygen atoms in total. The molecule has 3 heteroatoms. The maximum atomic E-state index is 12.3. The number of amides is 1. The SMILES string of the molecule is CCCC1CCN(C(=O)[C@H]2CCCCN2)CC1. The molecule has 0 aromatic heterocycles. The molecule has 2 heterocycles. The summed E-state index contributed by atoms with van der Waals surface area (Å²) < 4.78 is 0. The van der Waals surface area contributed by atoms with Gasteiger partial charge in [0, 0.05) is 13.1 Å². The highest BCUT2D eigenvalue weighted by atomic mass is 16.2. The molecule has 1 N–H and O–H groups in total. The number of nitrogens with one attached hydrogen (secondary N) is 1. The Morgan fingerprint density at radius 3 is 2.59 bits per heavy atom. The van der Waals surface area contributed by atoms with Crippen molar-refractivity contribution < 1.29 is 4.79 Å². The minimum absolute atomic E-state index is 0.117. The van der Waals surface area contributed by atoms with Crippen LogP contribution in [-0.4, -0.2) is 36.5 Å². The highest BCUT2D eigenvalue weighted by Crippen LogP contribution is 2.22. The van der Waals surface area contributed by atoms with E-state index in [9.17, 15) is 4.79 Å². The van der Waals surface area contributed by atoms with Crippen molar-refractivity contribution in [1.82, 2.24) is 10.2 Å². The second-order valence-electron chi connectivity index (χ2n) is 5.56. The first-order valence-corrected chi connectivity index (χ1v) is 7.33. The van der Waals surface area contributed by atoms with Crippen LogP contribution >= 0.6 is 0 Å². The fourth-order valence-electron chi connectivity index (χ4n) is 3.13. The van der Waals surface area contributed by atoms with Crippen LogP contribution in [0, 0.1) is 5.92 Å². The molecular formula is C14H26N2O. The van der Waals surface area contributed by atoms with Crippen molar-refractivity contribution in [2.24, 2.45) is 5.92 Å². The zero-order valence-corrected chi connectivity index (χ0v) is 11.1. The number of carbonyl (C=O) groups is 1. The number of hydrogen-bond donors (Lipinski definition) is 1. The summed E-state index contributed by atoms with van der Waals surface area (Å²) >= 11 is 0. The molecule has 0 aromatic rings. The predicted molar refractivity (Wildman–Crippen MR) is 69.9 cm³/mol.